The van der Waals surface area contributed by atoms with Gasteiger partial charge in [-0.15, -0.1) is 0 Å². The fourth-order valence-electron chi connectivity index (χ4n) is 2.64. The molecule has 1 heterocycles. The molecule has 0 aliphatic heterocycles. The Balaban J connectivity index is 2.69. The van der Waals surface area contributed by atoms with Gasteiger partial charge in [-0.1, -0.05) is 53.0 Å². The highest BCUT2D eigenvalue weighted by Gasteiger charge is 2.21. The summed E-state index contributed by atoms with van der Waals surface area (Å²) in [6.07, 6.45) is 10.3. The van der Waals surface area contributed by atoms with E-state index in [1.165, 1.54) is 44.2 Å². The van der Waals surface area contributed by atoms with Gasteiger partial charge < -0.3 is 0 Å². The van der Waals surface area contributed by atoms with Crippen LogP contribution < -0.4 is 4.57 Å². The molecule has 0 aromatic carbocycles. The number of pyridine rings is 1. The summed E-state index contributed by atoms with van der Waals surface area (Å²) in [6, 6.07) is 7.29. The van der Waals surface area contributed by atoms with E-state index >= 15 is 0 Å². The zero-order valence-corrected chi connectivity index (χ0v) is 12.7. The van der Waals surface area contributed by atoms with Crippen LogP contribution >= 0.6 is 0 Å². The van der Waals surface area contributed by atoms with Crippen LogP contribution in [0.5, 0.6) is 0 Å². The Morgan fingerprint density at radius 1 is 1.06 bits per heavy atom. The summed E-state index contributed by atoms with van der Waals surface area (Å²) >= 11 is 0. The zero-order valence-electron chi connectivity index (χ0n) is 12.7. The molecule has 0 aliphatic carbocycles. The molecule has 1 nitrogen and oxygen atoms in total. The maximum absolute atomic E-state index is 2.51. The highest BCUT2D eigenvalue weighted by molar-refractivity contribution is 5.01. The average molecular weight is 248 g/mol. The number of rotatable bonds is 8. The lowest BCUT2D eigenvalue weighted by Gasteiger charge is -2.15. The molecule has 1 unspecified atom stereocenters. The Labute approximate surface area is 113 Å². The fraction of sp³-hybridized carbons (Fsp3) is 0.706. The van der Waals surface area contributed by atoms with Crippen LogP contribution in [0.15, 0.2) is 24.4 Å². The van der Waals surface area contributed by atoms with Gasteiger partial charge in [0.05, 0.1) is 0 Å². The van der Waals surface area contributed by atoms with Gasteiger partial charge in [0.15, 0.2) is 17.9 Å². The zero-order chi connectivity index (χ0) is 13.4. The molecule has 102 valence electrons. The largest absolute Gasteiger partial charge is 0.200 e. The number of unbranched alkanes of at least 4 members (excludes halogenated alkanes) is 3. The first-order valence-electron chi connectivity index (χ1n) is 7.70. The van der Waals surface area contributed by atoms with Gasteiger partial charge in [-0.2, -0.15) is 4.57 Å². The van der Waals surface area contributed by atoms with Crippen LogP contribution in [-0.2, 0) is 0 Å². The Kier molecular flexibility index (Phi) is 7.00. The van der Waals surface area contributed by atoms with Crippen molar-refractivity contribution in [3.63, 3.8) is 0 Å². The third-order valence-electron chi connectivity index (χ3n) is 3.77. The molecule has 1 rings (SSSR count). The topological polar surface area (TPSA) is 3.88 Å². The SMILES string of the molecule is CCCCCCC(CC)[n+]1ccccc1C(C)C. The minimum absolute atomic E-state index is 0.607. The molecule has 18 heavy (non-hydrogen) atoms. The van der Waals surface area contributed by atoms with Gasteiger partial charge in [-0.3, -0.25) is 0 Å². The summed E-state index contributed by atoms with van der Waals surface area (Å²) in [5.41, 5.74) is 1.47. The molecular formula is C17H30N+. The monoisotopic (exact) mass is 248 g/mol. The molecule has 0 bridgehead atoms. The average Bonchev–Trinajstić information content (AvgIpc) is 2.39. The van der Waals surface area contributed by atoms with E-state index in [-0.39, 0.29) is 0 Å². The Morgan fingerprint density at radius 2 is 1.83 bits per heavy atom. The highest BCUT2D eigenvalue weighted by atomic mass is 15.0. The second-order valence-electron chi connectivity index (χ2n) is 5.60. The standard InChI is InChI=1S/C17H30N/c1-5-7-8-9-12-16(6-2)18-14-11-10-13-17(18)15(3)4/h10-11,13-16H,5-9,12H2,1-4H3/q+1. The minimum atomic E-state index is 0.607. The van der Waals surface area contributed by atoms with Gasteiger partial charge >= 0.3 is 0 Å². The van der Waals surface area contributed by atoms with E-state index in [2.05, 4.69) is 56.7 Å². The first-order chi connectivity index (χ1) is 8.70. The molecule has 1 aromatic rings. The maximum Gasteiger partial charge on any atom is 0.184 e. The highest BCUT2D eigenvalue weighted by Crippen LogP contribution is 2.18. The molecule has 0 saturated carbocycles. The second-order valence-corrected chi connectivity index (χ2v) is 5.60. The van der Waals surface area contributed by atoms with E-state index in [1.54, 1.807) is 0 Å². The normalized spacial score (nSPS) is 12.9. The molecule has 1 aromatic heterocycles. The van der Waals surface area contributed by atoms with Crippen molar-refractivity contribution >= 4 is 0 Å². The maximum atomic E-state index is 2.51. The lowest BCUT2D eigenvalue weighted by Crippen LogP contribution is -2.43. The van der Waals surface area contributed by atoms with Crippen LogP contribution in [0.1, 0.15) is 83.9 Å². The van der Waals surface area contributed by atoms with Crippen molar-refractivity contribution in [3.05, 3.63) is 30.1 Å². The smallest absolute Gasteiger partial charge is 0.184 e. The summed E-state index contributed by atoms with van der Waals surface area (Å²) in [6.45, 7) is 9.17. The van der Waals surface area contributed by atoms with Gasteiger partial charge in [0, 0.05) is 30.9 Å². The Morgan fingerprint density at radius 3 is 2.44 bits per heavy atom. The fourth-order valence-corrected chi connectivity index (χ4v) is 2.64. The van der Waals surface area contributed by atoms with E-state index in [0.29, 0.717) is 12.0 Å². The molecule has 0 saturated heterocycles. The lowest BCUT2D eigenvalue weighted by molar-refractivity contribution is -0.731. The van der Waals surface area contributed by atoms with Crippen molar-refractivity contribution in [3.8, 4) is 0 Å². The number of aromatic nitrogens is 1. The molecule has 0 amide bonds. The van der Waals surface area contributed by atoms with Crippen LogP contribution in [-0.4, -0.2) is 0 Å². The first-order valence-corrected chi connectivity index (χ1v) is 7.70. The third-order valence-corrected chi connectivity index (χ3v) is 3.77. The molecule has 1 atom stereocenters. The Bertz CT molecular complexity index is 330. The quantitative estimate of drug-likeness (QED) is 0.449. The number of hydrogen-bond donors (Lipinski definition) is 0. The number of nitrogens with zero attached hydrogens (tertiary/aromatic N) is 1. The van der Waals surface area contributed by atoms with Crippen molar-refractivity contribution in [1.82, 2.24) is 0 Å². The van der Waals surface area contributed by atoms with Gasteiger partial charge in [0.2, 0.25) is 0 Å². The predicted molar refractivity (Wildman–Crippen MR) is 78.8 cm³/mol. The minimum Gasteiger partial charge on any atom is -0.200 e. The van der Waals surface area contributed by atoms with Crippen LogP contribution in [0.3, 0.4) is 0 Å². The van der Waals surface area contributed by atoms with Crippen molar-refractivity contribution in [2.24, 2.45) is 0 Å². The van der Waals surface area contributed by atoms with Crippen molar-refractivity contribution in [2.45, 2.75) is 78.2 Å². The van der Waals surface area contributed by atoms with E-state index in [4.69, 9.17) is 0 Å². The molecular weight excluding hydrogens is 218 g/mol. The molecule has 0 aliphatic rings. The van der Waals surface area contributed by atoms with E-state index in [1.807, 2.05) is 0 Å². The summed E-state index contributed by atoms with van der Waals surface area (Å²) in [5.74, 6) is 0.607. The van der Waals surface area contributed by atoms with Crippen LogP contribution in [0.25, 0.3) is 0 Å². The number of hydrogen-bond acceptors (Lipinski definition) is 0. The van der Waals surface area contributed by atoms with Gasteiger partial charge in [0.1, 0.15) is 0 Å². The molecule has 0 N–H and O–H groups in total. The molecule has 0 radical (unpaired) electrons. The molecule has 0 spiro atoms. The van der Waals surface area contributed by atoms with Crippen molar-refractivity contribution in [2.75, 3.05) is 0 Å². The Hall–Kier alpha value is -0.850. The third kappa shape index (κ3) is 4.44. The summed E-state index contributed by atoms with van der Waals surface area (Å²) < 4.78 is 2.51. The van der Waals surface area contributed by atoms with Crippen LogP contribution in [0, 0.1) is 0 Å². The second kappa shape index (κ2) is 8.29. The van der Waals surface area contributed by atoms with Crippen LogP contribution in [0.4, 0.5) is 0 Å². The predicted octanol–water partition coefficient (Wildman–Crippen LogP) is 5.02. The lowest BCUT2D eigenvalue weighted by atomic mass is 10.0. The van der Waals surface area contributed by atoms with Crippen LogP contribution in [0.2, 0.25) is 0 Å². The first kappa shape index (κ1) is 15.2. The van der Waals surface area contributed by atoms with E-state index in [9.17, 15) is 0 Å². The van der Waals surface area contributed by atoms with E-state index < -0.39 is 0 Å². The van der Waals surface area contributed by atoms with Gasteiger partial charge in [-0.05, 0) is 6.42 Å². The van der Waals surface area contributed by atoms with Crippen molar-refractivity contribution < 1.29 is 4.57 Å². The summed E-state index contributed by atoms with van der Waals surface area (Å²) in [4.78, 5) is 0. The molecule has 1 heteroatoms. The van der Waals surface area contributed by atoms with Gasteiger partial charge in [-0.25, -0.2) is 0 Å². The summed E-state index contributed by atoms with van der Waals surface area (Å²) in [7, 11) is 0. The van der Waals surface area contributed by atoms with Gasteiger partial charge in [0.25, 0.3) is 0 Å². The molecule has 0 fully saturated rings. The van der Waals surface area contributed by atoms with E-state index in [0.717, 1.165) is 0 Å². The van der Waals surface area contributed by atoms with Crippen molar-refractivity contribution in [1.29, 1.82) is 0 Å². The summed E-state index contributed by atoms with van der Waals surface area (Å²) in [5, 5.41) is 0.